The highest BCUT2D eigenvalue weighted by molar-refractivity contribution is 5.93. The van der Waals surface area contributed by atoms with Gasteiger partial charge in [-0.1, -0.05) is 27.7 Å². The summed E-state index contributed by atoms with van der Waals surface area (Å²) in [7, 11) is 0. The van der Waals surface area contributed by atoms with Gasteiger partial charge in [0.15, 0.2) is 5.78 Å². The maximum atomic E-state index is 12.5. The van der Waals surface area contributed by atoms with Crippen molar-refractivity contribution in [3.05, 3.63) is 0 Å². The summed E-state index contributed by atoms with van der Waals surface area (Å²) in [5.74, 6) is -0.202. The second-order valence-electron chi connectivity index (χ2n) is 6.68. The van der Waals surface area contributed by atoms with Crippen LogP contribution in [-0.2, 0) is 19.1 Å². The van der Waals surface area contributed by atoms with Gasteiger partial charge in [-0.3, -0.25) is 14.4 Å². The lowest BCUT2D eigenvalue weighted by Crippen LogP contribution is -2.52. The number of nitrogens with one attached hydrogen (secondary N) is 2. The highest BCUT2D eigenvalue weighted by Crippen LogP contribution is 2.09. The Kier molecular flexibility index (Phi) is 10.5. The number of ketones is 1. The van der Waals surface area contributed by atoms with Crippen LogP contribution < -0.4 is 10.6 Å². The second kappa shape index (κ2) is 11.2. The SMILES string of the molecule is CCOCC(=O)[C@H](CC(C)C)NC(=O)[C@H](CC(C)C)NC(C)=O. The van der Waals surface area contributed by atoms with Crippen molar-refractivity contribution in [3.63, 3.8) is 0 Å². The van der Waals surface area contributed by atoms with E-state index in [0.29, 0.717) is 19.4 Å². The molecule has 0 spiro atoms. The first-order chi connectivity index (χ1) is 10.7. The molecular weight excluding hydrogens is 296 g/mol. The van der Waals surface area contributed by atoms with Gasteiger partial charge in [0.2, 0.25) is 11.8 Å². The standard InChI is InChI=1S/C17H32N2O4/c1-7-23-10-16(21)14(8-11(2)3)19-17(22)15(9-12(4)5)18-13(6)20/h11-12,14-15H,7-10H2,1-6H3,(H,18,20)(H,19,22)/t14-,15-/m0/s1. The first kappa shape index (κ1) is 21.6. The second-order valence-corrected chi connectivity index (χ2v) is 6.68. The van der Waals surface area contributed by atoms with Crippen molar-refractivity contribution in [2.24, 2.45) is 11.8 Å². The van der Waals surface area contributed by atoms with Gasteiger partial charge >= 0.3 is 0 Å². The number of carbonyl (C=O) groups is 3. The largest absolute Gasteiger partial charge is 0.374 e. The van der Waals surface area contributed by atoms with E-state index in [1.165, 1.54) is 6.92 Å². The third-order valence-electron chi connectivity index (χ3n) is 3.26. The van der Waals surface area contributed by atoms with Gasteiger partial charge in [0.05, 0.1) is 6.04 Å². The van der Waals surface area contributed by atoms with Crippen LogP contribution >= 0.6 is 0 Å². The molecule has 0 saturated heterocycles. The molecule has 2 N–H and O–H groups in total. The molecule has 23 heavy (non-hydrogen) atoms. The summed E-state index contributed by atoms with van der Waals surface area (Å²) in [5, 5.41) is 5.44. The van der Waals surface area contributed by atoms with Gasteiger partial charge in [-0.2, -0.15) is 0 Å². The molecule has 0 aromatic rings. The first-order valence-corrected chi connectivity index (χ1v) is 8.35. The van der Waals surface area contributed by atoms with Crippen LogP contribution in [0.25, 0.3) is 0 Å². The molecule has 0 heterocycles. The van der Waals surface area contributed by atoms with Gasteiger partial charge in [-0.25, -0.2) is 0 Å². The Morgan fingerprint density at radius 2 is 1.43 bits per heavy atom. The molecular formula is C17H32N2O4. The van der Waals surface area contributed by atoms with Crippen LogP contribution in [0.4, 0.5) is 0 Å². The Balaban J connectivity index is 4.93. The van der Waals surface area contributed by atoms with E-state index in [-0.39, 0.29) is 36.0 Å². The summed E-state index contributed by atoms with van der Waals surface area (Å²) in [6.07, 6.45) is 1.07. The Bertz CT molecular complexity index is 394. The van der Waals surface area contributed by atoms with E-state index in [1.807, 2.05) is 34.6 Å². The molecule has 0 radical (unpaired) electrons. The zero-order chi connectivity index (χ0) is 18.0. The van der Waals surface area contributed by atoms with Crippen molar-refractivity contribution >= 4 is 17.6 Å². The first-order valence-electron chi connectivity index (χ1n) is 8.35. The molecule has 6 heteroatoms. The summed E-state index contributed by atoms with van der Waals surface area (Å²) in [6, 6.07) is -1.21. The smallest absolute Gasteiger partial charge is 0.243 e. The molecule has 0 bridgehead atoms. The summed E-state index contributed by atoms with van der Waals surface area (Å²) in [6.45, 7) is 11.6. The molecule has 0 aliphatic rings. The van der Waals surface area contributed by atoms with Crippen LogP contribution in [0.1, 0.15) is 54.4 Å². The van der Waals surface area contributed by atoms with E-state index >= 15 is 0 Å². The average molecular weight is 328 g/mol. The highest BCUT2D eigenvalue weighted by atomic mass is 16.5. The minimum Gasteiger partial charge on any atom is -0.374 e. The lowest BCUT2D eigenvalue weighted by molar-refractivity contribution is -0.133. The number of carbonyl (C=O) groups excluding carboxylic acids is 3. The monoisotopic (exact) mass is 328 g/mol. The van der Waals surface area contributed by atoms with Crippen molar-refractivity contribution in [2.45, 2.75) is 66.5 Å². The van der Waals surface area contributed by atoms with E-state index in [0.717, 1.165) is 0 Å². The fourth-order valence-electron chi connectivity index (χ4n) is 2.27. The number of hydrogen-bond acceptors (Lipinski definition) is 4. The summed E-state index contributed by atoms with van der Waals surface area (Å²) in [5.41, 5.74) is 0. The van der Waals surface area contributed by atoms with Gasteiger partial charge < -0.3 is 15.4 Å². The van der Waals surface area contributed by atoms with Crippen LogP contribution in [0.5, 0.6) is 0 Å². The normalized spacial score (nSPS) is 13.7. The van der Waals surface area contributed by atoms with Gasteiger partial charge in [0, 0.05) is 13.5 Å². The lowest BCUT2D eigenvalue weighted by atomic mass is 9.98. The van der Waals surface area contributed by atoms with E-state index < -0.39 is 12.1 Å². The summed E-state index contributed by atoms with van der Waals surface area (Å²) < 4.78 is 5.16. The van der Waals surface area contributed by atoms with Crippen LogP contribution in [0.3, 0.4) is 0 Å². The molecule has 134 valence electrons. The quantitative estimate of drug-likeness (QED) is 0.604. The van der Waals surface area contributed by atoms with Gasteiger partial charge in [-0.05, 0) is 31.6 Å². The topological polar surface area (TPSA) is 84.5 Å². The third kappa shape index (κ3) is 10.0. The summed E-state index contributed by atoms with van der Waals surface area (Å²) in [4.78, 5) is 36.0. The molecule has 0 rings (SSSR count). The maximum Gasteiger partial charge on any atom is 0.243 e. The van der Waals surface area contributed by atoms with Crippen LogP contribution in [0.2, 0.25) is 0 Å². The average Bonchev–Trinajstić information content (AvgIpc) is 2.41. The number of ether oxygens (including phenoxy) is 1. The van der Waals surface area contributed by atoms with E-state index in [1.54, 1.807) is 0 Å². The predicted octanol–water partition coefficient (Wildman–Crippen LogP) is 1.67. The van der Waals surface area contributed by atoms with Crippen LogP contribution in [0.15, 0.2) is 0 Å². The Morgan fingerprint density at radius 3 is 1.87 bits per heavy atom. The van der Waals surface area contributed by atoms with Crippen LogP contribution in [0, 0.1) is 11.8 Å². The molecule has 6 nitrogen and oxygen atoms in total. The molecule has 0 fully saturated rings. The van der Waals surface area contributed by atoms with Crippen LogP contribution in [-0.4, -0.2) is 42.9 Å². The molecule has 0 saturated carbocycles. The summed E-state index contributed by atoms with van der Waals surface area (Å²) >= 11 is 0. The fourth-order valence-corrected chi connectivity index (χ4v) is 2.27. The van der Waals surface area contributed by atoms with Crippen molar-refractivity contribution in [1.29, 1.82) is 0 Å². The number of hydrogen-bond donors (Lipinski definition) is 2. The van der Waals surface area contributed by atoms with Gasteiger partial charge in [0.1, 0.15) is 12.6 Å². The number of rotatable bonds is 11. The highest BCUT2D eigenvalue weighted by Gasteiger charge is 2.27. The molecule has 0 aromatic carbocycles. The van der Waals surface area contributed by atoms with Crippen molar-refractivity contribution in [2.75, 3.05) is 13.2 Å². The van der Waals surface area contributed by atoms with Gasteiger partial charge in [0.25, 0.3) is 0 Å². The minimum absolute atomic E-state index is 0.0108. The molecule has 0 aliphatic heterocycles. The van der Waals surface area contributed by atoms with E-state index in [9.17, 15) is 14.4 Å². The third-order valence-corrected chi connectivity index (χ3v) is 3.26. The van der Waals surface area contributed by atoms with Gasteiger partial charge in [-0.15, -0.1) is 0 Å². The van der Waals surface area contributed by atoms with Crippen molar-refractivity contribution in [3.8, 4) is 0 Å². The Morgan fingerprint density at radius 1 is 0.913 bits per heavy atom. The molecule has 0 unspecified atom stereocenters. The zero-order valence-electron chi connectivity index (χ0n) is 15.3. The van der Waals surface area contributed by atoms with Crippen molar-refractivity contribution < 1.29 is 19.1 Å². The molecule has 0 aromatic heterocycles. The van der Waals surface area contributed by atoms with E-state index in [4.69, 9.17) is 4.74 Å². The number of Topliss-reactive ketones (excluding diaryl/α,β-unsaturated/α-hetero) is 1. The molecule has 0 aliphatic carbocycles. The zero-order valence-corrected chi connectivity index (χ0v) is 15.3. The lowest BCUT2D eigenvalue weighted by Gasteiger charge is -2.24. The Hall–Kier alpha value is -1.43. The maximum absolute atomic E-state index is 12.5. The minimum atomic E-state index is -0.623. The predicted molar refractivity (Wildman–Crippen MR) is 89.9 cm³/mol. The fraction of sp³-hybridized carbons (Fsp3) is 0.824. The number of amides is 2. The Labute approximate surface area is 139 Å². The molecule has 2 amide bonds. The van der Waals surface area contributed by atoms with Crippen molar-refractivity contribution in [1.82, 2.24) is 10.6 Å². The molecule has 2 atom stereocenters. The van der Waals surface area contributed by atoms with E-state index in [2.05, 4.69) is 10.6 Å².